The SMILES string of the molecule is C/C=C(\C(COc1ccc(NC(C)=O)cc1)=C1\C=CC=NC1=S)[N+](=O)[O-]. The van der Waals surface area contributed by atoms with E-state index < -0.39 is 4.92 Å². The number of amides is 1. The fraction of sp³-hybridized carbons (Fsp3) is 0.167. The lowest BCUT2D eigenvalue weighted by atomic mass is 10.0. The molecule has 1 N–H and O–H groups in total. The molecule has 0 atom stereocenters. The topological polar surface area (TPSA) is 93.8 Å². The molecule has 0 spiro atoms. The Balaban J connectivity index is 2.26. The molecule has 134 valence electrons. The summed E-state index contributed by atoms with van der Waals surface area (Å²) in [7, 11) is 0. The first-order chi connectivity index (χ1) is 12.4. The third-order valence-electron chi connectivity index (χ3n) is 3.43. The highest BCUT2D eigenvalue weighted by Crippen LogP contribution is 2.23. The number of nitrogens with zero attached hydrogens (tertiary/aromatic N) is 2. The molecule has 0 radical (unpaired) electrons. The molecule has 0 bridgehead atoms. The average Bonchev–Trinajstić information content (AvgIpc) is 2.60. The predicted octanol–water partition coefficient (Wildman–Crippen LogP) is 3.47. The number of nitro groups is 1. The van der Waals surface area contributed by atoms with Gasteiger partial charge in [0.15, 0.2) is 0 Å². The minimum atomic E-state index is -0.472. The highest BCUT2D eigenvalue weighted by Gasteiger charge is 2.23. The van der Waals surface area contributed by atoms with Crippen LogP contribution in [0.5, 0.6) is 5.75 Å². The number of nitrogens with one attached hydrogen (secondary N) is 1. The first-order valence-electron chi connectivity index (χ1n) is 7.72. The minimum absolute atomic E-state index is 0.0462. The molecule has 2 rings (SSSR count). The second-order valence-corrected chi connectivity index (χ2v) is 5.65. The van der Waals surface area contributed by atoms with Crippen molar-refractivity contribution in [1.82, 2.24) is 0 Å². The van der Waals surface area contributed by atoms with Crippen LogP contribution >= 0.6 is 12.2 Å². The predicted molar refractivity (Wildman–Crippen MR) is 104 cm³/mol. The number of allylic oxidation sites excluding steroid dienone is 2. The van der Waals surface area contributed by atoms with Crippen molar-refractivity contribution in [1.29, 1.82) is 0 Å². The van der Waals surface area contributed by atoms with E-state index in [1.807, 2.05) is 0 Å². The lowest BCUT2D eigenvalue weighted by Crippen LogP contribution is -2.15. The van der Waals surface area contributed by atoms with E-state index in [-0.39, 0.29) is 23.2 Å². The van der Waals surface area contributed by atoms with Gasteiger partial charge in [-0.15, -0.1) is 0 Å². The molecule has 1 amide bonds. The second kappa shape index (κ2) is 8.82. The van der Waals surface area contributed by atoms with Gasteiger partial charge in [0.2, 0.25) is 5.91 Å². The first-order valence-corrected chi connectivity index (χ1v) is 8.13. The van der Waals surface area contributed by atoms with E-state index in [0.29, 0.717) is 22.6 Å². The van der Waals surface area contributed by atoms with E-state index in [1.165, 1.54) is 19.2 Å². The van der Waals surface area contributed by atoms with Crippen molar-refractivity contribution in [2.45, 2.75) is 13.8 Å². The zero-order valence-corrected chi connectivity index (χ0v) is 15.1. The highest BCUT2D eigenvalue weighted by molar-refractivity contribution is 7.80. The number of dihydropyridines is 1. The Labute approximate surface area is 155 Å². The summed E-state index contributed by atoms with van der Waals surface area (Å²) in [5.41, 5.74) is 1.39. The fourth-order valence-corrected chi connectivity index (χ4v) is 2.55. The van der Waals surface area contributed by atoms with Gasteiger partial charge in [-0.1, -0.05) is 12.2 Å². The molecular formula is C18H17N3O4S. The Kier molecular flexibility index (Phi) is 6.51. The number of aliphatic imine (C=N–C) groups is 1. The van der Waals surface area contributed by atoms with Crippen LogP contribution < -0.4 is 10.1 Å². The number of ether oxygens (including phenoxy) is 1. The molecule has 0 unspecified atom stereocenters. The smallest absolute Gasteiger partial charge is 0.272 e. The number of hydrogen-bond acceptors (Lipinski definition) is 5. The Morgan fingerprint density at radius 1 is 1.38 bits per heavy atom. The zero-order valence-electron chi connectivity index (χ0n) is 14.3. The van der Waals surface area contributed by atoms with Gasteiger partial charge >= 0.3 is 0 Å². The van der Waals surface area contributed by atoms with Gasteiger partial charge in [-0.3, -0.25) is 14.9 Å². The van der Waals surface area contributed by atoms with Crippen molar-refractivity contribution in [3.63, 3.8) is 0 Å². The van der Waals surface area contributed by atoms with Gasteiger partial charge in [-0.05, 0) is 49.4 Å². The average molecular weight is 371 g/mol. The maximum atomic E-state index is 11.4. The summed E-state index contributed by atoms with van der Waals surface area (Å²) >= 11 is 5.19. The lowest BCUT2D eigenvalue weighted by molar-refractivity contribution is -0.421. The molecule has 7 nitrogen and oxygen atoms in total. The molecule has 0 saturated heterocycles. The van der Waals surface area contributed by atoms with Gasteiger partial charge in [-0.25, -0.2) is 4.99 Å². The summed E-state index contributed by atoms with van der Waals surface area (Å²) in [4.78, 5) is 26.2. The number of carbonyl (C=O) groups excluding carboxylic acids is 1. The van der Waals surface area contributed by atoms with Crippen LogP contribution in [0.1, 0.15) is 13.8 Å². The monoisotopic (exact) mass is 371 g/mol. The summed E-state index contributed by atoms with van der Waals surface area (Å²) < 4.78 is 5.70. The molecular weight excluding hydrogens is 354 g/mol. The molecule has 0 fully saturated rings. The standard InChI is InChI=1S/C18H17N3O4S/c1-3-17(21(23)24)16(15-5-4-10-19-18(15)26)11-25-14-8-6-13(7-9-14)20-12(2)22/h3-10H,11H2,1-2H3,(H,20,22)/b16-15-,17-3+. The van der Waals surface area contributed by atoms with Crippen LogP contribution in [0.3, 0.4) is 0 Å². The lowest BCUT2D eigenvalue weighted by Gasteiger charge is -2.13. The summed E-state index contributed by atoms with van der Waals surface area (Å²) in [5.74, 6) is 0.331. The van der Waals surface area contributed by atoms with Gasteiger partial charge < -0.3 is 10.1 Å². The van der Waals surface area contributed by atoms with E-state index in [9.17, 15) is 14.9 Å². The summed E-state index contributed by atoms with van der Waals surface area (Å²) in [6.07, 6.45) is 6.29. The number of carbonyl (C=O) groups is 1. The fourth-order valence-electron chi connectivity index (χ4n) is 2.29. The summed E-state index contributed by atoms with van der Waals surface area (Å²) in [6.45, 7) is 2.96. The van der Waals surface area contributed by atoms with E-state index in [1.54, 1.807) is 43.3 Å². The molecule has 1 aromatic rings. The van der Waals surface area contributed by atoms with E-state index >= 15 is 0 Å². The van der Waals surface area contributed by atoms with Crippen LogP contribution in [0.25, 0.3) is 0 Å². The quantitative estimate of drug-likeness (QED) is 0.358. The molecule has 1 aliphatic heterocycles. The van der Waals surface area contributed by atoms with E-state index in [0.717, 1.165) is 0 Å². The van der Waals surface area contributed by atoms with Crippen molar-refractivity contribution in [3.05, 3.63) is 69.5 Å². The van der Waals surface area contributed by atoms with Crippen LogP contribution in [-0.4, -0.2) is 28.6 Å². The minimum Gasteiger partial charge on any atom is -0.489 e. The molecule has 1 heterocycles. The first kappa shape index (κ1) is 19.2. The van der Waals surface area contributed by atoms with Crippen LogP contribution in [0.2, 0.25) is 0 Å². The normalized spacial score (nSPS) is 15.6. The van der Waals surface area contributed by atoms with E-state index in [4.69, 9.17) is 17.0 Å². The van der Waals surface area contributed by atoms with Crippen LogP contribution in [0.4, 0.5) is 5.69 Å². The molecule has 0 aromatic heterocycles. The van der Waals surface area contributed by atoms with Crippen molar-refractivity contribution in [3.8, 4) is 5.75 Å². The van der Waals surface area contributed by atoms with Gasteiger partial charge in [-0.2, -0.15) is 0 Å². The van der Waals surface area contributed by atoms with Crippen molar-refractivity contribution in [2.24, 2.45) is 4.99 Å². The second-order valence-electron chi connectivity index (χ2n) is 5.26. The van der Waals surface area contributed by atoms with Gasteiger partial charge in [0.1, 0.15) is 17.3 Å². The highest BCUT2D eigenvalue weighted by atomic mass is 32.1. The maximum absolute atomic E-state index is 11.4. The van der Waals surface area contributed by atoms with Crippen LogP contribution in [0.15, 0.2) is 64.3 Å². The van der Waals surface area contributed by atoms with Crippen LogP contribution in [0, 0.1) is 10.1 Å². The Bertz CT molecular complexity index is 852. The number of anilines is 1. The largest absolute Gasteiger partial charge is 0.489 e. The van der Waals surface area contributed by atoms with Gasteiger partial charge in [0.05, 0.1) is 10.5 Å². The molecule has 26 heavy (non-hydrogen) atoms. The van der Waals surface area contributed by atoms with Crippen LogP contribution in [-0.2, 0) is 4.79 Å². The number of rotatable bonds is 6. The van der Waals surface area contributed by atoms with Crippen molar-refractivity contribution in [2.75, 3.05) is 11.9 Å². The maximum Gasteiger partial charge on any atom is 0.272 e. The molecule has 0 saturated carbocycles. The molecule has 1 aliphatic rings. The Morgan fingerprint density at radius 3 is 2.62 bits per heavy atom. The van der Waals surface area contributed by atoms with E-state index in [2.05, 4.69) is 10.3 Å². The zero-order chi connectivity index (χ0) is 19.1. The van der Waals surface area contributed by atoms with Gasteiger partial charge in [0, 0.05) is 24.4 Å². The van der Waals surface area contributed by atoms with Crippen molar-refractivity contribution < 1.29 is 14.5 Å². The Hall–Kier alpha value is -3.13. The third kappa shape index (κ3) is 4.93. The molecule has 1 aromatic carbocycles. The molecule has 8 heteroatoms. The van der Waals surface area contributed by atoms with Crippen molar-refractivity contribution >= 4 is 35.0 Å². The summed E-state index contributed by atoms with van der Waals surface area (Å²) in [6, 6.07) is 6.70. The summed E-state index contributed by atoms with van der Waals surface area (Å²) in [5, 5.41) is 14.0. The number of thiocarbonyl (C=S) groups is 1. The number of hydrogen-bond donors (Lipinski definition) is 1. The Morgan fingerprint density at radius 2 is 2.08 bits per heavy atom. The third-order valence-corrected chi connectivity index (χ3v) is 3.76. The number of benzene rings is 1. The molecule has 0 aliphatic carbocycles. The van der Waals surface area contributed by atoms with Gasteiger partial charge in [0.25, 0.3) is 5.70 Å².